The SMILES string of the molecule is CS(=O)(=O)CCCNC1=NCC(c2ccccc2)S1. The molecule has 1 atom stereocenters. The van der Waals surface area contributed by atoms with Crippen molar-refractivity contribution in [3.8, 4) is 0 Å². The first-order chi connectivity index (χ1) is 9.04. The van der Waals surface area contributed by atoms with Gasteiger partial charge in [-0.25, -0.2) is 8.42 Å². The molecule has 1 aromatic carbocycles. The summed E-state index contributed by atoms with van der Waals surface area (Å²) in [6, 6.07) is 10.3. The quantitative estimate of drug-likeness (QED) is 0.843. The van der Waals surface area contributed by atoms with Crippen LogP contribution in [0, 0.1) is 0 Å². The fourth-order valence-corrected chi connectivity index (χ4v) is 3.56. The van der Waals surface area contributed by atoms with Gasteiger partial charge in [0.1, 0.15) is 9.84 Å². The zero-order valence-electron chi connectivity index (χ0n) is 10.9. The Bertz CT molecular complexity index is 541. The summed E-state index contributed by atoms with van der Waals surface area (Å²) in [7, 11) is -2.86. The van der Waals surface area contributed by atoms with Gasteiger partial charge >= 0.3 is 0 Å². The molecule has 104 valence electrons. The zero-order valence-corrected chi connectivity index (χ0v) is 12.5. The highest BCUT2D eigenvalue weighted by Gasteiger charge is 2.20. The number of hydrogen-bond acceptors (Lipinski definition) is 5. The molecule has 0 bridgehead atoms. The van der Waals surface area contributed by atoms with Crippen molar-refractivity contribution >= 4 is 26.8 Å². The van der Waals surface area contributed by atoms with Crippen LogP contribution < -0.4 is 5.32 Å². The fraction of sp³-hybridized carbons (Fsp3) is 0.462. The number of benzene rings is 1. The largest absolute Gasteiger partial charge is 0.365 e. The first kappa shape index (κ1) is 14.4. The minimum absolute atomic E-state index is 0.222. The standard InChI is InChI=1S/C13H18N2O2S2/c1-19(16,17)9-5-8-14-13-15-10-12(18-13)11-6-3-2-4-7-11/h2-4,6-7,12H,5,8-10H2,1H3,(H,14,15). The number of amidine groups is 1. The molecule has 0 spiro atoms. The number of thioether (sulfide) groups is 1. The predicted octanol–water partition coefficient (Wildman–Crippen LogP) is 1.85. The molecule has 19 heavy (non-hydrogen) atoms. The molecule has 2 rings (SSSR count). The maximum absolute atomic E-state index is 11.0. The van der Waals surface area contributed by atoms with Crippen LogP contribution in [0.1, 0.15) is 17.2 Å². The summed E-state index contributed by atoms with van der Waals surface area (Å²) in [5.74, 6) is 0.222. The van der Waals surface area contributed by atoms with E-state index in [0.717, 1.165) is 11.7 Å². The second-order valence-corrected chi connectivity index (χ2v) is 8.02. The number of rotatable bonds is 5. The molecule has 0 fully saturated rings. The molecule has 1 unspecified atom stereocenters. The van der Waals surface area contributed by atoms with Crippen LogP contribution in [0.15, 0.2) is 35.3 Å². The monoisotopic (exact) mass is 298 g/mol. The minimum atomic E-state index is -2.86. The first-order valence-corrected chi connectivity index (χ1v) is 9.16. The number of aliphatic imine (C=N–C) groups is 1. The van der Waals surface area contributed by atoms with Gasteiger partial charge in [0, 0.05) is 12.8 Å². The van der Waals surface area contributed by atoms with E-state index in [2.05, 4.69) is 22.4 Å². The molecule has 0 saturated carbocycles. The topological polar surface area (TPSA) is 58.5 Å². The summed E-state index contributed by atoms with van der Waals surface area (Å²) in [6.07, 6.45) is 1.88. The van der Waals surface area contributed by atoms with Gasteiger partial charge in [0.15, 0.2) is 5.17 Å². The van der Waals surface area contributed by atoms with Crippen molar-refractivity contribution in [2.45, 2.75) is 11.7 Å². The lowest BCUT2D eigenvalue weighted by molar-refractivity contribution is 0.598. The second kappa shape index (κ2) is 6.43. The number of nitrogens with one attached hydrogen (secondary N) is 1. The van der Waals surface area contributed by atoms with Crippen LogP contribution in [0.4, 0.5) is 0 Å². The van der Waals surface area contributed by atoms with Crippen molar-refractivity contribution in [2.75, 3.05) is 25.1 Å². The zero-order chi connectivity index (χ0) is 13.7. The molecule has 0 aliphatic carbocycles. The van der Waals surface area contributed by atoms with Crippen LogP contribution in [0.25, 0.3) is 0 Å². The molecule has 0 amide bonds. The van der Waals surface area contributed by atoms with E-state index in [0.29, 0.717) is 18.2 Å². The van der Waals surface area contributed by atoms with Crippen molar-refractivity contribution in [2.24, 2.45) is 4.99 Å². The third kappa shape index (κ3) is 4.87. The molecule has 0 saturated heterocycles. The Morgan fingerprint density at radius 1 is 1.37 bits per heavy atom. The normalized spacial score (nSPS) is 19.2. The first-order valence-electron chi connectivity index (χ1n) is 6.22. The summed E-state index contributed by atoms with van der Waals surface area (Å²) in [6.45, 7) is 1.43. The average molecular weight is 298 g/mol. The molecule has 1 N–H and O–H groups in total. The van der Waals surface area contributed by atoms with Crippen LogP contribution in [0.3, 0.4) is 0 Å². The summed E-state index contributed by atoms with van der Waals surface area (Å²) < 4.78 is 22.0. The smallest absolute Gasteiger partial charge is 0.157 e. The van der Waals surface area contributed by atoms with Crippen LogP contribution in [0.2, 0.25) is 0 Å². The van der Waals surface area contributed by atoms with Gasteiger partial charge in [0.05, 0.1) is 17.5 Å². The summed E-state index contributed by atoms with van der Waals surface area (Å²) in [5.41, 5.74) is 1.28. The number of nitrogens with zero attached hydrogens (tertiary/aromatic N) is 1. The minimum Gasteiger partial charge on any atom is -0.365 e. The van der Waals surface area contributed by atoms with E-state index < -0.39 is 9.84 Å². The van der Waals surface area contributed by atoms with Crippen molar-refractivity contribution in [1.82, 2.24) is 5.32 Å². The van der Waals surface area contributed by atoms with Gasteiger partial charge < -0.3 is 5.32 Å². The van der Waals surface area contributed by atoms with E-state index >= 15 is 0 Å². The molecule has 6 heteroatoms. The number of sulfone groups is 1. The lowest BCUT2D eigenvalue weighted by Crippen LogP contribution is -2.22. The van der Waals surface area contributed by atoms with Gasteiger partial charge in [-0.15, -0.1) is 0 Å². The van der Waals surface area contributed by atoms with Crippen molar-refractivity contribution in [3.63, 3.8) is 0 Å². The highest BCUT2D eigenvalue weighted by molar-refractivity contribution is 8.14. The second-order valence-electron chi connectivity index (χ2n) is 4.57. The molecule has 1 aliphatic heterocycles. The van der Waals surface area contributed by atoms with Crippen LogP contribution in [-0.2, 0) is 9.84 Å². The van der Waals surface area contributed by atoms with E-state index in [1.807, 2.05) is 18.2 Å². The van der Waals surface area contributed by atoms with E-state index in [1.54, 1.807) is 11.8 Å². The lowest BCUT2D eigenvalue weighted by Gasteiger charge is -2.09. The van der Waals surface area contributed by atoms with Gasteiger partial charge in [-0.05, 0) is 12.0 Å². The van der Waals surface area contributed by atoms with Gasteiger partial charge in [-0.2, -0.15) is 0 Å². The van der Waals surface area contributed by atoms with Crippen molar-refractivity contribution in [1.29, 1.82) is 0 Å². The Labute approximate surface area is 118 Å². The Morgan fingerprint density at radius 3 is 2.79 bits per heavy atom. The molecule has 0 radical (unpaired) electrons. The molecule has 4 nitrogen and oxygen atoms in total. The lowest BCUT2D eigenvalue weighted by atomic mass is 10.1. The number of hydrogen-bond donors (Lipinski definition) is 1. The highest BCUT2D eigenvalue weighted by Crippen LogP contribution is 2.33. The maximum atomic E-state index is 11.0. The predicted molar refractivity (Wildman–Crippen MR) is 81.4 cm³/mol. The molecule has 1 aliphatic rings. The summed E-state index contributed by atoms with van der Waals surface area (Å²) >= 11 is 1.71. The van der Waals surface area contributed by atoms with E-state index in [1.165, 1.54) is 11.8 Å². The van der Waals surface area contributed by atoms with Crippen LogP contribution >= 0.6 is 11.8 Å². The Morgan fingerprint density at radius 2 is 2.11 bits per heavy atom. The Balaban J connectivity index is 1.73. The van der Waals surface area contributed by atoms with Gasteiger partial charge in [0.25, 0.3) is 0 Å². The molecule has 0 aromatic heterocycles. The molecular formula is C13H18N2O2S2. The van der Waals surface area contributed by atoms with E-state index in [4.69, 9.17) is 0 Å². The highest BCUT2D eigenvalue weighted by atomic mass is 32.2. The third-order valence-electron chi connectivity index (χ3n) is 2.79. The van der Waals surface area contributed by atoms with Crippen molar-refractivity contribution in [3.05, 3.63) is 35.9 Å². The Hall–Kier alpha value is -1.01. The molecule has 1 aromatic rings. The Kier molecular flexibility index (Phi) is 4.87. The molecule has 1 heterocycles. The van der Waals surface area contributed by atoms with Gasteiger partial charge in [0.2, 0.25) is 0 Å². The van der Waals surface area contributed by atoms with Gasteiger partial charge in [-0.3, -0.25) is 4.99 Å². The maximum Gasteiger partial charge on any atom is 0.157 e. The molecular weight excluding hydrogens is 280 g/mol. The van der Waals surface area contributed by atoms with Crippen LogP contribution in [0.5, 0.6) is 0 Å². The average Bonchev–Trinajstić information content (AvgIpc) is 2.83. The third-order valence-corrected chi connectivity index (χ3v) is 5.03. The van der Waals surface area contributed by atoms with Gasteiger partial charge in [-0.1, -0.05) is 42.1 Å². The van der Waals surface area contributed by atoms with E-state index in [-0.39, 0.29) is 5.75 Å². The fourth-order valence-electron chi connectivity index (χ4n) is 1.84. The summed E-state index contributed by atoms with van der Waals surface area (Å²) in [4.78, 5) is 4.45. The van der Waals surface area contributed by atoms with Crippen molar-refractivity contribution < 1.29 is 8.42 Å². The van der Waals surface area contributed by atoms with Crippen LogP contribution in [-0.4, -0.2) is 38.7 Å². The summed E-state index contributed by atoms with van der Waals surface area (Å²) in [5, 5.41) is 4.49. The van der Waals surface area contributed by atoms with E-state index in [9.17, 15) is 8.42 Å².